The van der Waals surface area contributed by atoms with Gasteiger partial charge in [-0.1, -0.05) is 151 Å². The first-order valence-corrected chi connectivity index (χ1v) is 26.7. The summed E-state index contributed by atoms with van der Waals surface area (Å²) < 4.78 is 0. The molecule has 2 amide bonds. The quantitative estimate of drug-likeness (QED) is 0.0906. The molecule has 2 aliphatic rings. The van der Waals surface area contributed by atoms with Gasteiger partial charge in [-0.2, -0.15) is 0 Å². The molecule has 0 saturated heterocycles. The standard InChI is InChI=1S/C62H56N2O2S2/c1-5-9-13-37(7-3)35-63-59(51-29-27-49(67-51)47-31-43-23-19-39-15-11-16-40-20-24-44(32-47)55(43)53(39)40)57-58(61(63)65)60(64(62(57)66)36-38(8-4)14-10-6-2)52-30-28-50(68-52)48-33-45-25-21-41-17-12-18-42-22-26-46(34-48)56(45)54(41)42/h11-12,15-34,37-38H,5-10,13-14,35-36H2,1-4H3. The fourth-order valence-electron chi connectivity index (χ4n) is 11.6. The monoisotopic (exact) mass is 924 g/mol. The predicted molar refractivity (Wildman–Crippen MR) is 291 cm³/mol. The molecule has 0 radical (unpaired) electrons. The highest BCUT2D eigenvalue weighted by atomic mass is 32.1. The summed E-state index contributed by atoms with van der Waals surface area (Å²) >= 11 is 3.41. The maximum atomic E-state index is 15.6. The highest BCUT2D eigenvalue weighted by Crippen LogP contribution is 2.51. The normalized spacial score (nSPS) is 15.4. The van der Waals surface area contributed by atoms with Crippen molar-refractivity contribution in [2.24, 2.45) is 11.8 Å². The smallest absolute Gasteiger partial charge is 0.261 e. The molecule has 0 saturated carbocycles. The minimum Gasteiger partial charge on any atom is -0.306 e. The van der Waals surface area contributed by atoms with E-state index in [9.17, 15) is 0 Å². The maximum absolute atomic E-state index is 15.6. The second-order valence-electron chi connectivity index (χ2n) is 19.5. The number of rotatable bonds is 16. The van der Waals surface area contributed by atoms with E-state index in [1.165, 1.54) is 64.6 Å². The van der Waals surface area contributed by atoms with Gasteiger partial charge in [0, 0.05) is 22.8 Å². The molecule has 12 rings (SSSR count). The Kier molecular flexibility index (Phi) is 10.9. The lowest BCUT2D eigenvalue weighted by Gasteiger charge is -2.29. The molecule has 0 N–H and O–H groups in total. The van der Waals surface area contributed by atoms with E-state index in [1.54, 1.807) is 22.7 Å². The third-order valence-corrected chi connectivity index (χ3v) is 17.6. The summed E-state index contributed by atoms with van der Waals surface area (Å²) in [4.78, 5) is 39.4. The van der Waals surface area contributed by atoms with E-state index < -0.39 is 0 Å². The number of amides is 2. The van der Waals surface area contributed by atoms with Crippen molar-refractivity contribution >= 4 is 111 Å². The molecule has 10 aromatic rings. The van der Waals surface area contributed by atoms with Gasteiger partial charge in [0.1, 0.15) is 0 Å². The number of carbonyl (C=O) groups is 2. The van der Waals surface area contributed by atoms with Gasteiger partial charge in [0.25, 0.3) is 11.8 Å². The van der Waals surface area contributed by atoms with Crippen molar-refractivity contribution in [3.8, 4) is 20.9 Å². The molecule has 2 atom stereocenters. The number of hydrogen-bond donors (Lipinski definition) is 0. The Morgan fingerprint density at radius 3 is 1.07 bits per heavy atom. The van der Waals surface area contributed by atoms with Gasteiger partial charge in [-0.3, -0.25) is 9.59 Å². The molecule has 8 aromatic carbocycles. The summed E-state index contributed by atoms with van der Waals surface area (Å²) in [6.07, 6.45) is 8.50. The third-order valence-electron chi connectivity index (χ3n) is 15.3. The molecule has 0 aliphatic carbocycles. The van der Waals surface area contributed by atoms with Crippen LogP contribution in [0.5, 0.6) is 0 Å². The van der Waals surface area contributed by atoms with Crippen molar-refractivity contribution in [2.75, 3.05) is 13.1 Å². The summed E-state index contributed by atoms with van der Waals surface area (Å²) in [5.41, 5.74) is 5.07. The lowest BCUT2D eigenvalue weighted by Crippen LogP contribution is -2.34. The summed E-state index contributed by atoms with van der Waals surface area (Å²) in [5, 5.41) is 15.2. The minimum atomic E-state index is -0.0341. The Morgan fingerprint density at radius 2 is 0.735 bits per heavy atom. The first kappa shape index (κ1) is 43.0. The lowest BCUT2D eigenvalue weighted by atomic mass is 9.93. The fraction of sp³-hybridized carbons (Fsp3) is 0.258. The first-order chi connectivity index (χ1) is 33.3. The van der Waals surface area contributed by atoms with Gasteiger partial charge in [-0.05, 0) is 149 Å². The molecule has 2 aromatic heterocycles. The zero-order chi connectivity index (χ0) is 46.2. The highest BCUT2D eigenvalue weighted by molar-refractivity contribution is 7.17. The largest absolute Gasteiger partial charge is 0.306 e. The molecular weight excluding hydrogens is 869 g/mol. The van der Waals surface area contributed by atoms with Crippen molar-refractivity contribution in [3.63, 3.8) is 0 Å². The van der Waals surface area contributed by atoms with Crippen LogP contribution >= 0.6 is 22.7 Å². The molecule has 338 valence electrons. The lowest BCUT2D eigenvalue weighted by molar-refractivity contribution is -0.124. The van der Waals surface area contributed by atoms with Crippen LogP contribution in [0.1, 0.15) is 88.8 Å². The average molecular weight is 925 g/mol. The van der Waals surface area contributed by atoms with Gasteiger partial charge in [-0.25, -0.2) is 0 Å². The Bertz CT molecular complexity index is 3290. The number of hydrogen-bond acceptors (Lipinski definition) is 4. The number of benzene rings is 8. The van der Waals surface area contributed by atoms with Gasteiger partial charge in [0.2, 0.25) is 0 Å². The zero-order valence-electron chi connectivity index (χ0n) is 39.5. The second-order valence-corrected chi connectivity index (χ2v) is 21.6. The van der Waals surface area contributed by atoms with Crippen LogP contribution in [0.4, 0.5) is 0 Å². The van der Waals surface area contributed by atoms with Crippen LogP contribution in [0.3, 0.4) is 0 Å². The molecule has 6 heteroatoms. The van der Waals surface area contributed by atoms with Gasteiger partial charge < -0.3 is 9.80 Å². The molecule has 4 heterocycles. The van der Waals surface area contributed by atoms with Gasteiger partial charge in [0.15, 0.2) is 0 Å². The number of thiophene rings is 2. The van der Waals surface area contributed by atoms with Crippen molar-refractivity contribution in [1.29, 1.82) is 0 Å². The fourth-order valence-corrected chi connectivity index (χ4v) is 13.7. The van der Waals surface area contributed by atoms with Crippen molar-refractivity contribution in [2.45, 2.75) is 79.1 Å². The summed E-state index contributed by atoms with van der Waals surface area (Å²) in [7, 11) is 0. The van der Waals surface area contributed by atoms with Gasteiger partial charge >= 0.3 is 0 Å². The second kappa shape index (κ2) is 17.3. The first-order valence-electron chi connectivity index (χ1n) is 25.0. The van der Waals surface area contributed by atoms with E-state index >= 15 is 9.59 Å². The number of nitrogens with zero attached hydrogens (tertiary/aromatic N) is 2. The maximum Gasteiger partial charge on any atom is 0.261 e. The van der Waals surface area contributed by atoms with Crippen LogP contribution in [0, 0.1) is 11.8 Å². The molecule has 68 heavy (non-hydrogen) atoms. The van der Waals surface area contributed by atoms with E-state index in [0.29, 0.717) is 36.1 Å². The molecular formula is C62H56N2O2S2. The Balaban J connectivity index is 1.01. The summed E-state index contributed by atoms with van der Waals surface area (Å²) in [5.74, 6) is 0.582. The van der Waals surface area contributed by atoms with E-state index in [4.69, 9.17) is 0 Å². The van der Waals surface area contributed by atoms with E-state index in [2.05, 4.69) is 161 Å². The SMILES string of the molecule is CCCCC(CC)CN1C(=O)C2=C(c3ccc(-c4cc5ccc6cccc7ccc(c4)c5c67)s3)N(CC(CC)CCCC)C(=O)C2=C1c1ccc(-c2cc3ccc4cccc5ccc(c2)c3c45)s1. The Hall–Kier alpha value is -6.34. The average Bonchev–Trinajstić information content (AvgIpc) is 4.17. The number of unbranched alkanes of at least 4 members (excludes halogenated alkanes) is 2. The van der Waals surface area contributed by atoms with Gasteiger partial charge in [-0.15, -0.1) is 22.7 Å². The van der Waals surface area contributed by atoms with Crippen LogP contribution in [0.15, 0.2) is 145 Å². The molecule has 4 nitrogen and oxygen atoms in total. The molecule has 0 fully saturated rings. The molecule has 0 spiro atoms. The Morgan fingerprint density at radius 1 is 0.412 bits per heavy atom. The third kappa shape index (κ3) is 6.97. The number of fused-ring (bicyclic) bond motifs is 1. The predicted octanol–water partition coefficient (Wildman–Crippen LogP) is 17.2. The van der Waals surface area contributed by atoms with Gasteiger partial charge in [0.05, 0.1) is 32.3 Å². The van der Waals surface area contributed by atoms with E-state index in [-0.39, 0.29) is 11.8 Å². The highest BCUT2D eigenvalue weighted by Gasteiger charge is 2.50. The van der Waals surface area contributed by atoms with E-state index in [0.717, 1.165) is 93.4 Å². The van der Waals surface area contributed by atoms with Crippen LogP contribution in [-0.4, -0.2) is 34.7 Å². The van der Waals surface area contributed by atoms with Crippen molar-refractivity contribution in [3.05, 3.63) is 154 Å². The molecule has 2 aliphatic heterocycles. The summed E-state index contributed by atoms with van der Waals surface area (Å²) in [6.45, 7) is 10.2. The van der Waals surface area contributed by atoms with Crippen molar-refractivity contribution < 1.29 is 9.59 Å². The van der Waals surface area contributed by atoms with E-state index in [1.807, 2.05) is 9.80 Å². The van der Waals surface area contributed by atoms with Crippen LogP contribution in [-0.2, 0) is 9.59 Å². The molecule has 2 unspecified atom stereocenters. The zero-order valence-corrected chi connectivity index (χ0v) is 41.1. The van der Waals surface area contributed by atoms with Crippen molar-refractivity contribution in [1.82, 2.24) is 9.80 Å². The number of carbonyl (C=O) groups excluding carboxylic acids is 2. The minimum absolute atomic E-state index is 0.0341. The topological polar surface area (TPSA) is 40.6 Å². The van der Waals surface area contributed by atoms with Crippen LogP contribution in [0.25, 0.3) is 96.9 Å². The Labute approximate surface area is 406 Å². The summed E-state index contributed by atoms with van der Waals surface area (Å²) in [6, 6.07) is 49.1. The molecule has 0 bridgehead atoms. The van der Waals surface area contributed by atoms with Crippen LogP contribution < -0.4 is 0 Å². The van der Waals surface area contributed by atoms with Crippen LogP contribution in [0.2, 0.25) is 0 Å².